The molecule has 0 spiro atoms. The van der Waals surface area contributed by atoms with Crippen molar-refractivity contribution in [3.05, 3.63) is 29.8 Å². The molecule has 1 aromatic carbocycles. The molecule has 0 aliphatic heterocycles. The Bertz CT molecular complexity index is 298. The summed E-state index contributed by atoms with van der Waals surface area (Å²) in [5.74, 6) is 0. The van der Waals surface area contributed by atoms with E-state index in [1.165, 1.54) is 5.56 Å². The largest absolute Gasteiger partial charge is 0.399 e. The lowest BCUT2D eigenvalue weighted by Crippen LogP contribution is -2.22. The Morgan fingerprint density at radius 2 is 1.85 bits per heavy atom. The maximum absolute atomic E-state index is 9.63. The molecule has 2 nitrogen and oxygen atoms in total. The van der Waals surface area contributed by atoms with Gasteiger partial charge in [0.25, 0.3) is 0 Å². The van der Waals surface area contributed by atoms with E-state index in [9.17, 15) is 5.11 Å². The zero-order chi connectivity index (χ0) is 9.47. The molecule has 2 rings (SSSR count). The molecule has 0 bridgehead atoms. The number of anilines is 1. The third kappa shape index (κ3) is 1.31. The average Bonchev–Trinajstić information content (AvgIpc) is 2.86. The fourth-order valence-corrected chi connectivity index (χ4v) is 1.90. The maximum Gasteiger partial charge on any atom is 0.0608 e. The Kier molecular flexibility index (Phi) is 1.81. The second-order valence-corrected chi connectivity index (χ2v) is 3.95. The monoisotopic (exact) mass is 177 g/mol. The van der Waals surface area contributed by atoms with Crippen molar-refractivity contribution in [2.24, 2.45) is 0 Å². The van der Waals surface area contributed by atoms with Crippen molar-refractivity contribution in [2.75, 3.05) is 5.73 Å². The average molecular weight is 177 g/mol. The summed E-state index contributed by atoms with van der Waals surface area (Å²) in [7, 11) is 0. The summed E-state index contributed by atoms with van der Waals surface area (Å²) >= 11 is 0. The molecule has 1 atom stereocenters. The van der Waals surface area contributed by atoms with Gasteiger partial charge in [0, 0.05) is 11.1 Å². The lowest BCUT2D eigenvalue weighted by atomic mass is 9.91. The summed E-state index contributed by atoms with van der Waals surface area (Å²) in [6, 6.07) is 7.85. The highest BCUT2D eigenvalue weighted by atomic mass is 16.3. The van der Waals surface area contributed by atoms with Gasteiger partial charge in [-0.3, -0.25) is 0 Å². The first-order valence-corrected chi connectivity index (χ1v) is 4.69. The molecule has 0 radical (unpaired) electrons. The van der Waals surface area contributed by atoms with Crippen LogP contribution in [0.3, 0.4) is 0 Å². The molecule has 0 saturated heterocycles. The molecule has 0 amide bonds. The van der Waals surface area contributed by atoms with Crippen LogP contribution in [0.5, 0.6) is 0 Å². The summed E-state index contributed by atoms with van der Waals surface area (Å²) < 4.78 is 0. The number of rotatable bonds is 2. The van der Waals surface area contributed by atoms with Gasteiger partial charge >= 0.3 is 0 Å². The molecule has 13 heavy (non-hydrogen) atoms. The molecular weight excluding hydrogens is 162 g/mol. The van der Waals surface area contributed by atoms with Crippen LogP contribution < -0.4 is 5.73 Å². The van der Waals surface area contributed by atoms with Crippen LogP contribution >= 0.6 is 0 Å². The molecule has 70 valence electrons. The number of aliphatic hydroxyl groups excluding tert-OH is 1. The summed E-state index contributed by atoms with van der Waals surface area (Å²) in [5.41, 5.74) is 7.64. The number of benzene rings is 1. The second kappa shape index (κ2) is 2.74. The summed E-state index contributed by atoms with van der Waals surface area (Å²) in [4.78, 5) is 0. The van der Waals surface area contributed by atoms with Crippen molar-refractivity contribution >= 4 is 5.69 Å². The van der Waals surface area contributed by atoms with E-state index in [4.69, 9.17) is 5.73 Å². The minimum atomic E-state index is -0.254. The van der Waals surface area contributed by atoms with Crippen LogP contribution in [0.15, 0.2) is 24.3 Å². The van der Waals surface area contributed by atoms with Crippen molar-refractivity contribution in [3.8, 4) is 0 Å². The van der Waals surface area contributed by atoms with Crippen molar-refractivity contribution in [1.82, 2.24) is 0 Å². The van der Waals surface area contributed by atoms with Gasteiger partial charge in [-0.25, -0.2) is 0 Å². The minimum absolute atomic E-state index is 0.0354. The van der Waals surface area contributed by atoms with E-state index in [2.05, 4.69) is 0 Å². The van der Waals surface area contributed by atoms with Crippen LogP contribution in [0.4, 0.5) is 5.69 Å². The third-order valence-electron chi connectivity index (χ3n) is 3.07. The lowest BCUT2D eigenvalue weighted by Gasteiger charge is -2.18. The number of nitrogen functional groups attached to an aromatic ring is 1. The van der Waals surface area contributed by atoms with Crippen LogP contribution in [0.25, 0.3) is 0 Å². The van der Waals surface area contributed by atoms with Crippen molar-refractivity contribution in [3.63, 3.8) is 0 Å². The Hall–Kier alpha value is -1.02. The molecule has 1 fully saturated rings. The normalized spacial score (nSPS) is 21.1. The Morgan fingerprint density at radius 1 is 1.31 bits per heavy atom. The van der Waals surface area contributed by atoms with Gasteiger partial charge in [0.1, 0.15) is 0 Å². The Balaban J connectivity index is 2.31. The number of hydrogen-bond acceptors (Lipinski definition) is 2. The Labute approximate surface area is 78.4 Å². The fourth-order valence-electron chi connectivity index (χ4n) is 1.90. The molecule has 3 N–H and O–H groups in total. The third-order valence-corrected chi connectivity index (χ3v) is 3.07. The van der Waals surface area contributed by atoms with E-state index in [0.717, 1.165) is 18.5 Å². The summed E-state index contributed by atoms with van der Waals surface area (Å²) in [6.07, 6.45) is 1.93. The Morgan fingerprint density at radius 3 is 2.23 bits per heavy atom. The zero-order valence-electron chi connectivity index (χ0n) is 7.83. The van der Waals surface area contributed by atoms with Gasteiger partial charge in [0.15, 0.2) is 0 Å². The smallest absolute Gasteiger partial charge is 0.0608 e. The molecular formula is C11H15NO. The van der Waals surface area contributed by atoms with Crippen LogP contribution in [0.2, 0.25) is 0 Å². The standard InChI is InChI=1S/C11H15NO/c1-8(13)11(6-7-11)9-2-4-10(12)5-3-9/h2-5,8,13H,6-7,12H2,1H3. The summed E-state index contributed by atoms with van der Waals surface area (Å²) in [5, 5.41) is 9.63. The molecule has 0 heterocycles. The molecule has 1 aliphatic rings. The first kappa shape index (κ1) is 8.57. The first-order chi connectivity index (χ1) is 6.15. The van der Waals surface area contributed by atoms with E-state index >= 15 is 0 Å². The SMILES string of the molecule is CC(O)C1(c2ccc(N)cc2)CC1. The van der Waals surface area contributed by atoms with Crippen LogP contribution in [0, 0.1) is 0 Å². The first-order valence-electron chi connectivity index (χ1n) is 4.69. The van der Waals surface area contributed by atoms with E-state index < -0.39 is 0 Å². The van der Waals surface area contributed by atoms with E-state index in [0.29, 0.717) is 0 Å². The molecule has 1 aromatic rings. The number of hydrogen-bond donors (Lipinski definition) is 2. The van der Waals surface area contributed by atoms with Crippen LogP contribution in [-0.2, 0) is 5.41 Å². The van der Waals surface area contributed by atoms with Gasteiger partial charge in [-0.05, 0) is 37.5 Å². The van der Waals surface area contributed by atoms with Crippen molar-refractivity contribution < 1.29 is 5.11 Å². The predicted octanol–water partition coefficient (Wildman–Crippen LogP) is 1.68. The van der Waals surface area contributed by atoms with Gasteiger partial charge in [-0.15, -0.1) is 0 Å². The summed E-state index contributed by atoms with van der Waals surface area (Å²) in [6.45, 7) is 1.86. The van der Waals surface area contributed by atoms with Crippen molar-refractivity contribution in [2.45, 2.75) is 31.3 Å². The second-order valence-electron chi connectivity index (χ2n) is 3.95. The lowest BCUT2D eigenvalue weighted by molar-refractivity contribution is 0.150. The highest BCUT2D eigenvalue weighted by Crippen LogP contribution is 2.50. The van der Waals surface area contributed by atoms with Gasteiger partial charge < -0.3 is 10.8 Å². The van der Waals surface area contributed by atoms with Crippen LogP contribution in [0.1, 0.15) is 25.3 Å². The highest BCUT2D eigenvalue weighted by molar-refractivity contribution is 5.43. The van der Waals surface area contributed by atoms with E-state index in [1.54, 1.807) is 0 Å². The van der Waals surface area contributed by atoms with E-state index in [1.807, 2.05) is 31.2 Å². The fraction of sp³-hybridized carbons (Fsp3) is 0.455. The minimum Gasteiger partial charge on any atom is -0.399 e. The molecule has 1 aliphatic carbocycles. The van der Waals surface area contributed by atoms with Gasteiger partial charge in [-0.2, -0.15) is 0 Å². The molecule has 2 heteroatoms. The van der Waals surface area contributed by atoms with Crippen molar-refractivity contribution in [1.29, 1.82) is 0 Å². The molecule has 0 aromatic heterocycles. The van der Waals surface area contributed by atoms with E-state index in [-0.39, 0.29) is 11.5 Å². The number of nitrogens with two attached hydrogens (primary N) is 1. The quantitative estimate of drug-likeness (QED) is 0.675. The molecule has 1 saturated carbocycles. The highest BCUT2D eigenvalue weighted by Gasteiger charge is 2.48. The number of aliphatic hydroxyl groups is 1. The predicted molar refractivity (Wildman–Crippen MR) is 53.4 cm³/mol. The van der Waals surface area contributed by atoms with Gasteiger partial charge in [0.05, 0.1) is 6.10 Å². The molecule has 1 unspecified atom stereocenters. The van der Waals surface area contributed by atoms with Crippen LogP contribution in [-0.4, -0.2) is 11.2 Å². The zero-order valence-corrected chi connectivity index (χ0v) is 7.83. The van der Waals surface area contributed by atoms with Gasteiger partial charge in [0.2, 0.25) is 0 Å². The van der Waals surface area contributed by atoms with Gasteiger partial charge in [-0.1, -0.05) is 12.1 Å². The maximum atomic E-state index is 9.63. The topological polar surface area (TPSA) is 46.2 Å².